The number of fused-ring (bicyclic) bond motifs is 1. The Kier molecular flexibility index (Phi) is 9.28. The van der Waals surface area contributed by atoms with Crippen molar-refractivity contribution >= 4 is 11.6 Å². The molecule has 1 heterocycles. The first kappa shape index (κ1) is 23.0. The first-order valence-electron chi connectivity index (χ1n) is 10.2. The number of aliphatic hydroxyl groups is 1. The van der Waals surface area contributed by atoms with E-state index in [9.17, 15) is 9.90 Å². The van der Waals surface area contributed by atoms with Gasteiger partial charge in [0.15, 0.2) is 11.5 Å². The molecule has 0 aliphatic carbocycles. The van der Waals surface area contributed by atoms with Crippen molar-refractivity contribution in [2.24, 2.45) is 0 Å². The molecule has 1 aliphatic heterocycles. The lowest BCUT2D eigenvalue weighted by atomic mass is 10.0. The minimum Gasteiger partial charge on any atom is -0.493 e. The third-order valence-corrected chi connectivity index (χ3v) is 5.02. The summed E-state index contributed by atoms with van der Waals surface area (Å²) in [5.74, 6) is 1.27. The highest BCUT2D eigenvalue weighted by atomic mass is 16.5. The molecule has 0 fully saturated rings. The van der Waals surface area contributed by atoms with E-state index in [-0.39, 0.29) is 5.91 Å². The maximum Gasteiger partial charge on any atom is 0.224 e. The maximum atomic E-state index is 12.8. The Morgan fingerprint density at radius 1 is 1.31 bits per heavy atom. The molecule has 2 rings (SSSR count). The van der Waals surface area contributed by atoms with Gasteiger partial charge in [-0.25, -0.2) is 0 Å². The molecule has 1 aromatic rings. The number of anilines is 1. The van der Waals surface area contributed by atoms with Crippen molar-refractivity contribution in [3.05, 3.63) is 30.4 Å². The van der Waals surface area contributed by atoms with Gasteiger partial charge in [0.1, 0.15) is 6.61 Å². The van der Waals surface area contributed by atoms with E-state index in [1.807, 2.05) is 19.1 Å². The van der Waals surface area contributed by atoms with Crippen molar-refractivity contribution in [1.29, 1.82) is 0 Å². The van der Waals surface area contributed by atoms with Crippen LogP contribution in [0.5, 0.6) is 11.5 Å². The molecule has 29 heavy (non-hydrogen) atoms. The van der Waals surface area contributed by atoms with E-state index in [0.717, 1.165) is 24.1 Å². The van der Waals surface area contributed by atoms with E-state index in [0.29, 0.717) is 57.3 Å². The van der Waals surface area contributed by atoms with Gasteiger partial charge in [-0.2, -0.15) is 0 Å². The fourth-order valence-electron chi connectivity index (χ4n) is 3.57. The molecule has 0 spiro atoms. The van der Waals surface area contributed by atoms with Crippen LogP contribution >= 0.6 is 0 Å². The largest absolute Gasteiger partial charge is 0.493 e. The predicted octanol–water partition coefficient (Wildman–Crippen LogP) is 2.61. The molecule has 1 unspecified atom stereocenters. The van der Waals surface area contributed by atoms with Crippen LogP contribution in [0.15, 0.2) is 24.8 Å². The van der Waals surface area contributed by atoms with Crippen LogP contribution in [0.4, 0.5) is 5.69 Å². The lowest BCUT2D eigenvalue weighted by Crippen LogP contribution is -2.41. The van der Waals surface area contributed by atoms with Crippen molar-refractivity contribution in [3.8, 4) is 11.5 Å². The average Bonchev–Trinajstić information content (AvgIpc) is 2.71. The van der Waals surface area contributed by atoms with Crippen molar-refractivity contribution < 1.29 is 24.1 Å². The van der Waals surface area contributed by atoms with Gasteiger partial charge in [-0.05, 0) is 18.6 Å². The van der Waals surface area contributed by atoms with Gasteiger partial charge in [-0.3, -0.25) is 4.79 Å². The number of methoxy groups -OCH3 is 2. The number of β-amino-alcohol motifs (C(OH)–C–C–N with tert-alkyl or cyclic N) is 1. The SMILES string of the molecule is C=CCOc1c(OC)ccc2c1CN(CCOC)C(=O)CCN2CC(O)CCC. The van der Waals surface area contributed by atoms with E-state index in [2.05, 4.69) is 11.5 Å². The van der Waals surface area contributed by atoms with Gasteiger partial charge in [0.2, 0.25) is 5.91 Å². The fraction of sp³-hybridized carbons (Fsp3) is 0.591. The van der Waals surface area contributed by atoms with Crippen LogP contribution in [0.25, 0.3) is 0 Å². The van der Waals surface area contributed by atoms with Crippen molar-refractivity contribution in [2.75, 3.05) is 52.0 Å². The predicted molar refractivity (Wildman–Crippen MR) is 114 cm³/mol. The van der Waals surface area contributed by atoms with Crippen LogP contribution in [0.1, 0.15) is 31.7 Å². The van der Waals surface area contributed by atoms with E-state index < -0.39 is 6.10 Å². The number of hydrogen-bond donors (Lipinski definition) is 1. The summed E-state index contributed by atoms with van der Waals surface area (Å²) in [6.07, 6.45) is 3.24. The molecular weight excluding hydrogens is 372 g/mol. The van der Waals surface area contributed by atoms with Crippen LogP contribution in [0.3, 0.4) is 0 Å². The Hall–Kier alpha value is -2.25. The Morgan fingerprint density at radius 3 is 2.76 bits per heavy atom. The zero-order valence-corrected chi connectivity index (χ0v) is 17.9. The third-order valence-electron chi connectivity index (χ3n) is 5.02. The average molecular weight is 407 g/mol. The minimum atomic E-state index is -0.452. The molecule has 0 aromatic heterocycles. The highest BCUT2D eigenvalue weighted by molar-refractivity contribution is 5.79. The van der Waals surface area contributed by atoms with E-state index >= 15 is 0 Å². The normalized spacial score (nSPS) is 15.4. The zero-order chi connectivity index (χ0) is 21.2. The van der Waals surface area contributed by atoms with Gasteiger partial charge in [0.05, 0.1) is 26.4 Å². The van der Waals surface area contributed by atoms with Crippen molar-refractivity contribution in [1.82, 2.24) is 4.90 Å². The molecule has 0 bridgehead atoms. The number of ether oxygens (including phenoxy) is 3. The first-order chi connectivity index (χ1) is 14.0. The highest BCUT2D eigenvalue weighted by Crippen LogP contribution is 2.40. The van der Waals surface area contributed by atoms with Crippen LogP contribution in [-0.2, 0) is 16.1 Å². The molecular formula is C22H34N2O5. The van der Waals surface area contributed by atoms with E-state index in [1.165, 1.54) is 0 Å². The summed E-state index contributed by atoms with van der Waals surface area (Å²) < 4.78 is 16.7. The number of benzene rings is 1. The van der Waals surface area contributed by atoms with E-state index in [4.69, 9.17) is 14.2 Å². The summed E-state index contributed by atoms with van der Waals surface area (Å²) in [5.41, 5.74) is 1.83. The van der Waals surface area contributed by atoms with Crippen molar-refractivity contribution in [2.45, 2.75) is 38.8 Å². The zero-order valence-electron chi connectivity index (χ0n) is 17.9. The summed E-state index contributed by atoms with van der Waals surface area (Å²) in [7, 11) is 3.23. The molecule has 1 N–H and O–H groups in total. The Bertz CT molecular complexity index is 679. The quantitative estimate of drug-likeness (QED) is 0.570. The number of hydrogen-bond acceptors (Lipinski definition) is 6. The van der Waals surface area contributed by atoms with Gasteiger partial charge < -0.3 is 29.1 Å². The number of aliphatic hydroxyl groups excluding tert-OH is 1. The molecule has 1 aliphatic rings. The van der Waals surface area contributed by atoms with Crippen molar-refractivity contribution in [3.63, 3.8) is 0 Å². The summed E-state index contributed by atoms with van der Waals surface area (Å²) in [5, 5.41) is 10.4. The molecule has 0 radical (unpaired) electrons. The van der Waals surface area contributed by atoms with Gasteiger partial charge in [0, 0.05) is 44.4 Å². The van der Waals surface area contributed by atoms with Crippen LogP contribution in [0, 0.1) is 0 Å². The van der Waals surface area contributed by atoms with Crippen LogP contribution in [-0.4, -0.2) is 69.1 Å². The summed E-state index contributed by atoms with van der Waals surface area (Å²) in [6, 6.07) is 3.86. The second kappa shape index (κ2) is 11.7. The molecule has 0 saturated heterocycles. The summed E-state index contributed by atoms with van der Waals surface area (Å²) in [6.45, 7) is 8.47. The third kappa shape index (κ3) is 6.11. The maximum absolute atomic E-state index is 12.8. The molecule has 162 valence electrons. The molecule has 7 nitrogen and oxygen atoms in total. The molecule has 1 aromatic carbocycles. The second-order valence-electron chi connectivity index (χ2n) is 7.14. The lowest BCUT2D eigenvalue weighted by Gasteiger charge is -2.35. The molecule has 0 saturated carbocycles. The highest BCUT2D eigenvalue weighted by Gasteiger charge is 2.28. The minimum absolute atomic E-state index is 0.0557. The second-order valence-corrected chi connectivity index (χ2v) is 7.14. The molecule has 1 atom stereocenters. The first-order valence-corrected chi connectivity index (χ1v) is 10.2. The number of carbonyl (C=O) groups is 1. The summed E-state index contributed by atoms with van der Waals surface area (Å²) >= 11 is 0. The molecule has 1 amide bonds. The lowest BCUT2D eigenvalue weighted by molar-refractivity contribution is -0.132. The van der Waals surface area contributed by atoms with Gasteiger partial charge in [0.25, 0.3) is 0 Å². The number of amides is 1. The van der Waals surface area contributed by atoms with Crippen LogP contribution < -0.4 is 14.4 Å². The monoisotopic (exact) mass is 406 g/mol. The Labute approximate surface area is 173 Å². The fourth-order valence-corrected chi connectivity index (χ4v) is 3.57. The van der Waals surface area contributed by atoms with E-state index in [1.54, 1.807) is 25.2 Å². The smallest absolute Gasteiger partial charge is 0.224 e. The number of nitrogens with zero attached hydrogens (tertiary/aromatic N) is 2. The number of carbonyl (C=O) groups excluding carboxylic acids is 1. The summed E-state index contributed by atoms with van der Waals surface area (Å²) in [4.78, 5) is 16.7. The topological polar surface area (TPSA) is 71.5 Å². The standard InChI is InChI=1S/C22H34N2O5/c1-5-7-17(25)15-23-11-10-21(26)24(12-14-27-3)16-18-19(23)8-9-20(28-4)22(18)29-13-6-2/h6,8-9,17,25H,2,5,7,10-16H2,1,3-4H3. The van der Waals surface area contributed by atoms with Gasteiger partial charge in [-0.1, -0.05) is 26.0 Å². The Morgan fingerprint density at radius 2 is 2.10 bits per heavy atom. The Balaban J connectivity index is 2.49. The van der Waals surface area contributed by atoms with Gasteiger partial charge in [-0.15, -0.1) is 0 Å². The number of rotatable bonds is 11. The van der Waals surface area contributed by atoms with Crippen LogP contribution in [0.2, 0.25) is 0 Å². The van der Waals surface area contributed by atoms with Gasteiger partial charge >= 0.3 is 0 Å². The molecule has 7 heteroatoms.